The minimum atomic E-state index is -1.06. The number of carbonyl (C=O) groups is 1. The fourth-order valence-electron chi connectivity index (χ4n) is 1.44. The standard InChI is InChI=1S/C17H33N3O6S11/c1-27-10-28-3-18-2-25-26-9-33-15-35-14-32-8-24-17(22)20-5-30-12-34-11-29-4-19-6-37(23)16-36-13-31-7-21/h2,6,21H,3-5,7-16H2,1H3,(H,20,22)/b18-2+,19-6-. The maximum absolute atomic E-state index is 11.7. The molecule has 0 saturated carbocycles. The zero-order valence-electron chi connectivity index (χ0n) is 20.2. The van der Waals surface area contributed by atoms with Crippen LogP contribution in [0, 0.1) is 0 Å². The number of aliphatic imine (C=N–C) groups is 2. The molecule has 0 spiro atoms. The van der Waals surface area contributed by atoms with Gasteiger partial charge in [-0.15, -0.1) is 106 Å². The van der Waals surface area contributed by atoms with Gasteiger partial charge in [-0.25, -0.2) is 9.79 Å². The van der Waals surface area contributed by atoms with Crippen LogP contribution in [0.1, 0.15) is 0 Å². The topological polar surface area (TPSA) is 119 Å². The van der Waals surface area contributed by atoms with Crippen molar-refractivity contribution in [3.05, 3.63) is 0 Å². The number of hydrogen-bond donors (Lipinski definition) is 2. The third-order valence-corrected chi connectivity index (χ3v) is 14.8. The van der Waals surface area contributed by atoms with Gasteiger partial charge in [-0.1, -0.05) is 0 Å². The molecule has 1 atom stereocenters. The lowest BCUT2D eigenvalue weighted by atomic mass is 11.1. The van der Waals surface area contributed by atoms with Crippen molar-refractivity contribution in [1.82, 2.24) is 5.32 Å². The number of aliphatic hydroxyl groups excluding tert-OH is 1. The summed E-state index contributed by atoms with van der Waals surface area (Å²) >= 11 is 16.3. The first-order valence-electron chi connectivity index (χ1n) is 10.0. The Bertz CT molecular complexity index is 599. The second-order valence-corrected chi connectivity index (χ2v) is 18.9. The van der Waals surface area contributed by atoms with E-state index in [4.69, 9.17) is 19.6 Å². The Labute approximate surface area is 265 Å². The van der Waals surface area contributed by atoms with Gasteiger partial charge in [-0.05, 0) is 6.26 Å². The molecular weight excluding hydrogens is 695 g/mol. The fourth-order valence-corrected chi connectivity index (χ4v) is 11.0. The second kappa shape index (κ2) is 34.2. The smallest absolute Gasteiger partial charge is 0.408 e. The molecule has 0 bridgehead atoms. The molecule has 0 aromatic carbocycles. The Balaban J connectivity index is 3.29. The highest BCUT2D eigenvalue weighted by atomic mass is 32.3. The maximum Gasteiger partial charge on any atom is 0.408 e. The van der Waals surface area contributed by atoms with Crippen LogP contribution in [-0.4, -0.2) is 105 Å². The van der Waals surface area contributed by atoms with Crippen LogP contribution in [0.3, 0.4) is 0 Å². The molecule has 0 saturated heterocycles. The molecule has 0 heterocycles. The second-order valence-electron chi connectivity index (χ2n) is 5.50. The molecule has 37 heavy (non-hydrogen) atoms. The Morgan fingerprint density at radius 1 is 0.865 bits per heavy atom. The normalized spacial score (nSPS) is 12.4. The van der Waals surface area contributed by atoms with Crippen LogP contribution in [-0.2, 0) is 25.3 Å². The van der Waals surface area contributed by atoms with Crippen molar-refractivity contribution in [1.29, 1.82) is 0 Å². The summed E-state index contributed by atoms with van der Waals surface area (Å²) in [6.07, 6.45) is 2.97. The van der Waals surface area contributed by atoms with Crippen molar-refractivity contribution in [2.45, 2.75) is 0 Å². The van der Waals surface area contributed by atoms with Gasteiger partial charge < -0.3 is 20.0 Å². The van der Waals surface area contributed by atoms with Crippen molar-refractivity contribution in [2.24, 2.45) is 9.98 Å². The fraction of sp³-hybridized carbons (Fsp3) is 0.824. The van der Waals surface area contributed by atoms with Gasteiger partial charge in [-0.3, -0.25) is 9.20 Å². The summed E-state index contributed by atoms with van der Waals surface area (Å²) in [5, 5.41) is 17.0. The Morgan fingerprint density at radius 3 is 2.32 bits per heavy atom. The number of rotatable bonds is 28. The predicted molar refractivity (Wildman–Crippen MR) is 184 cm³/mol. The van der Waals surface area contributed by atoms with E-state index in [9.17, 15) is 9.00 Å². The van der Waals surface area contributed by atoms with Gasteiger partial charge in [0.15, 0.2) is 0 Å². The monoisotopic (exact) mass is 727 g/mol. The Kier molecular flexibility index (Phi) is 36.0. The average molecular weight is 728 g/mol. The Morgan fingerprint density at radius 2 is 1.54 bits per heavy atom. The summed E-state index contributed by atoms with van der Waals surface area (Å²) < 4.78 is 16.8. The van der Waals surface area contributed by atoms with E-state index in [1.54, 1.807) is 94.1 Å². The van der Waals surface area contributed by atoms with Gasteiger partial charge in [-0.2, -0.15) is 16.6 Å². The first-order chi connectivity index (χ1) is 18.2. The Hall–Kier alpha value is 1.98. The first kappa shape index (κ1) is 39.0. The lowest BCUT2D eigenvalue weighted by molar-refractivity contribution is -0.196. The molecule has 1 unspecified atom stereocenters. The van der Waals surface area contributed by atoms with E-state index < -0.39 is 16.9 Å². The van der Waals surface area contributed by atoms with E-state index in [0.29, 0.717) is 34.6 Å². The first-order valence-corrected chi connectivity index (χ1v) is 23.2. The predicted octanol–water partition coefficient (Wildman–Crippen LogP) is 5.87. The molecule has 0 aromatic rings. The summed E-state index contributed by atoms with van der Waals surface area (Å²) in [6.45, 7) is 0. The molecule has 0 aliphatic heterocycles. The molecule has 0 rings (SSSR count). The molecule has 0 radical (unpaired) electrons. The third-order valence-electron chi connectivity index (χ3n) is 2.76. The van der Waals surface area contributed by atoms with Crippen molar-refractivity contribution in [2.75, 3.05) is 77.3 Å². The van der Waals surface area contributed by atoms with Gasteiger partial charge in [0.25, 0.3) is 0 Å². The van der Waals surface area contributed by atoms with Crippen molar-refractivity contribution >= 4 is 146 Å². The molecule has 2 N–H and O–H groups in total. The van der Waals surface area contributed by atoms with Crippen LogP contribution < -0.4 is 5.32 Å². The number of carbonyl (C=O) groups excluding carboxylic acids is 1. The van der Waals surface area contributed by atoms with Gasteiger partial charge >= 0.3 is 6.09 Å². The lowest BCUT2D eigenvalue weighted by Gasteiger charge is -2.06. The number of alkyl carbamates (subject to hydrolysis) is 1. The summed E-state index contributed by atoms with van der Waals surface area (Å²) in [5.74, 6) is 2.57. The summed E-state index contributed by atoms with van der Waals surface area (Å²) in [4.78, 5) is 29.7. The highest BCUT2D eigenvalue weighted by Crippen LogP contribution is 2.19. The average Bonchev–Trinajstić information content (AvgIpc) is 2.90. The van der Waals surface area contributed by atoms with Crippen molar-refractivity contribution in [3.8, 4) is 0 Å². The van der Waals surface area contributed by atoms with E-state index in [1.165, 1.54) is 35.5 Å². The van der Waals surface area contributed by atoms with Crippen molar-refractivity contribution in [3.63, 3.8) is 0 Å². The van der Waals surface area contributed by atoms with Crippen molar-refractivity contribution < 1.29 is 28.6 Å². The quantitative estimate of drug-likeness (QED) is 0.0250. The maximum atomic E-state index is 11.7. The molecular formula is C17H33N3O6S11. The molecule has 218 valence electrons. The molecule has 0 aliphatic carbocycles. The van der Waals surface area contributed by atoms with Crippen LogP contribution in [0.5, 0.6) is 0 Å². The van der Waals surface area contributed by atoms with E-state index in [0.717, 1.165) is 30.5 Å². The number of aliphatic hydroxyl groups is 1. The number of amides is 1. The van der Waals surface area contributed by atoms with E-state index in [1.807, 2.05) is 0 Å². The summed E-state index contributed by atoms with van der Waals surface area (Å²) in [5.41, 5.74) is 1.49. The highest BCUT2D eigenvalue weighted by Gasteiger charge is 2.01. The van der Waals surface area contributed by atoms with Gasteiger partial charge in [0.05, 0.1) is 45.0 Å². The molecule has 0 aromatic heterocycles. The van der Waals surface area contributed by atoms with Crippen LogP contribution in [0.4, 0.5) is 4.79 Å². The molecule has 20 heteroatoms. The third kappa shape index (κ3) is 34.1. The molecule has 1 amide bonds. The van der Waals surface area contributed by atoms with Crippen LogP contribution in [0.15, 0.2) is 9.98 Å². The number of nitrogens with zero attached hydrogens (tertiary/aromatic N) is 2. The van der Waals surface area contributed by atoms with Gasteiger partial charge in [0.1, 0.15) is 11.9 Å². The van der Waals surface area contributed by atoms with E-state index in [-0.39, 0.29) is 5.94 Å². The van der Waals surface area contributed by atoms with E-state index >= 15 is 0 Å². The van der Waals surface area contributed by atoms with Crippen LogP contribution in [0.25, 0.3) is 0 Å². The number of hydrogen-bond acceptors (Lipinski definition) is 18. The van der Waals surface area contributed by atoms with Crippen LogP contribution in [0.2, 0.25) is 0 Å². The number of nitrogens with one attached hydrogen (secondary N) is 1. The van der Waals surface area contributed by atoms with Gasteiger partial charge in [0, 0.05) is 30.5 Å². The van der Waals surface area contributed by atoms with E-state index in [2.05, 4.69) is 21.6 Å². The van der Waals surface area contributed by atoms with Gasteiger partial charge in [0.2, 0.25) is 6.40 Å². The molecule has 9 nitrogen and oxygen atoms in total. The minimum Gasteiger partial charge on any atom is -0.438 e. The number of thioether (sulfide) groups is 10. The zero-order valence-corrected chi connectivity index (χ0v) is 29.2. The number of ether oxygens (including phenoxy) is 1. The zero-order chi connectivity index (χ0) is 27.1. The SMILES string of the molecule is CSCSC/N=C/OOCSCSCSCOC(=O)NCSCSCSC/N=C\S(=O)CSCSCO. The van der Waals surface area contributed by atoms with Crippen LogP contribution >= 0.6 is 118 Å². The molecule has 0 fully saturated rings. The summed E-state index contributed by atoms with van der Waals surface area (Å²) in [6, 6.07) is 0. The largest absolute Gasteiger partial charge is 0.438 e. The summed E-state index contributed by atoms with van der Waals surface area (Å²) in [7, 11) is -1.06. The molecule has 0 aliphatic rings. The minimum absolute atomic E-state index is 0.0864. The highest BCUT2D eigenvalue weighted by molar-refractivity contribution is 8.23. The lowest BCUT2D eigenvalue weighted by Crippen LogP contribution is -2.23.